The van der Waals surface area contributed by atoms with Gasteiger partial charge in [0.25, 0.3) is 5.91 Å². The Morgan fingerprint density at radius 2 is 1.83 bits per heavy atom. The van der Waals surface area contributed by atoms with E-state index >= 15 is 0 Å². The third-order valence-corrected chi connectivity index (χ3v) is 5.79. The summed E-state index contributed by atoms with van der Waals surface area (Å²) in [5.41, 5.74) is 2.56. The first-order valence-corrected chi connectivity index (χ1v) is 10.8. The zero-order valence-electron chi connectivity index (χ0n) is 16.8. The summed E-state index contributed by atoms with van der Waals surface area (Å²) in [5, 5.41) is 3.45. The minimum Gasteiger partial charge on any atom is -0.588 e. The SMILES string of the molecule is COc1ccc(NC(=O)c2cnccc2C(C)C)cc1[S+]([O-])Nc1ccc(Cl)cc1. The molecule has 1 atom stereocenters. The van der Waals surface area contributed by atoms with Crippen molar-refractivity contribution < 1.29 is 14.1 Å². The molecule has 1 aromatic heterocycles. The van der Waals surface area contributed by atoms with E-state index in [1.54, 1.807) is 54.9 Å². The fourth-order valence-electron chi connectivity index (χ4n) is 2.88. The highest BCUT2D eigenvalue weighted by atomic mass is 35.5. The highest BCUT2D eigenvalue weighted by Crippen LogP contribution is 2.30. The molecular formula is C22H22ClN3O3S. The Morgan fingerprint density at radius 3 is 2.50 bits per heavy atom. The number of nitrogens with zero attached hydrogens (tertiary/aromatic N) is 1. The standard InChI is InChI=1S/C22H22ClN3O3S/c1-14(2)18-10-11-24-13-19(18)22(27)25-17-8-9-20(29-3)21(12-17)30(28)26-16-6-4-15(23)5-7-16/h4-14,26H,1-3H3,(H,25,27). The lowest BCUT2D eigenvalue weighted by Gasteiger charge is -2.16. The van der Waals surface area contributed by atoms with Crippen molar-refractivity contribution in [3.63, 3.8) is 0 Å². The summed E-state index contributed by atoms with van der Waals surface area (Å²) in [7, 11) is 1.50. The number of pyridine rings is 1. The zero-order valence-corrected chi connectivity index (χ0v) is 18.4. The van der Waals surface area contributed by atoms with Crippen LogP contribution in [0.15, 0.2) is 65.8 Å². The Kier molecular flexibility index (Phi) is 7.20. The van der Waals surface area contributed by atoms with Crippen LogP contribution in [-0.2, 0) is 11.4 Å². The quantitative estimate of drug-likeness (QED) is 0.487. The van der Waals surface area contributed by atoms with Crippen LogP contribution in [0.1, 0.15) is 35.7 Å². The molecule has 0 radical (unpaired) electrons. The summed E-state index contributed by atoms with van der Waals surface area (Å²) in [5.74, 6) is 0.340. The second-order valence-corrected chi connectivity index (χ2v) is 8.43. The van der Waals surface area contributed by atoms with Gasteiger partial charge in [0.1, 0.15) is 11.4 Å². The van der Waals surface area contributed by atoms with Gasteiger partial charge in [-0.05, 0) is 53.9 Å². The molecule has 0 bridgehead atoms. The number of halogens is 1. The van der Waals surface area contributed by atoms with Crippen LogP contribution >= 0.6 is 11.6 Å². The summed E-state index contributed by atoms with van der Waals surface area (Å²) in [4.78, 5) is 17.3. The number of carbonyl (C=O) groups is 1. The third kappa shape index (κ3) is 5.24. The van der Waals surface area contributed by atoms with Gasteiger partial charge >= 0.3 is 0 Å². The fraction of sp³-hybridized carbons (Fsp3) is 0.182. The highest BCUT2D eigenvalue weighted by Gasteiger charge is 2.21. The van der Waals surface area contributed by atoms with E-state index < -0.39 is 11.4 Å². The largest absolute Gasteiger partial charge is 0.588 e. The average molecular weight is 444 g/mol. The predicted molar refractivity (Wildman–Crippen MR) is 121 cm³/mol. The van der Waals surface area contributed by atoms with Crippen molar-refractivity contribution in [1.29, 1.82) is 0 Å². The van der Waals surface area contributed by atoms with Gasteiger partial charge in [-0.3, -0.25) is 9.78 Å². The van der Waals surface area contributed by atoms with E-state index in [1.807, 2.05) is 19.9 Å². The molecule has 0 aliphatic rings. The molecule has 2 aromatic carbocycles. The third-order valence-electron chi connectivity index (χ3n) is 4.40. The van der Waals surface area contributed by atoms with Gasteiger partial charge in [-0.1, -0.05) is 25.4 Å². The molecule has 1 heterocycles. The normalized spacial score (nSPS) is 11.8. The predicted octanol–water partition coefficient (Wildman–Crippen LogP) is 5.25. The van der Waals surface area contributed by atoms with Crippen molar-refractivity contribution in [2.75, 3.05) is 17.1 Å². The molecule has 2 N–H and O–H groups in total. The van der Waals surface area contributed by atoms with E-state index in [0.717, 1.165) is 5.56 Å². The maximum Gasteiger partial charge on any atom is 0.257 e. The summed E-state index contributed by atoms with van der Waals surface area (Å²) in [6.45, 7) is 4.03. The van der Waals surface area contributed by atoms with Crippen molar-refractivity contribution in [3.8, 4) is 5.75 Å². The van der Waals surface area contributed by atoms with Crippen molar-refractivity contribution in [1.82, 2.24) is 4.98 Å². The second kappa shape index (κ2) is 9.84. The number of nitrogens with one attached hydrogen (secondary N) is 2. The smallest absolute Gasteiger partial charge is 0.257 e. The molecule has 156 valence electrons. The average Bonchev–Trinajstić information content (AvgIpc) is 2.75. The summed E-state index contributed by atoms with van der Waals surface area (Å²) >= 11 is 4.28. The molecule has 0 saturated carbocycles. The Balaban J connectivity index is 1.83. The highest BCUT2D eigenvalue weighted by molar-refractivity contribution is 7.92. The number of ether oxygens (including phenoxy) is 1. The Hall–Kier alpha value is -2.74. The van der Waals surface area contributed by atoms with Gasteiger partial charge in [0, 0.05) is 29.2 Å². The Labute approximate surface area is 183 Å². The molecule has 3 rings (SSSR count). The molecular weight excluding hydrogens is 422 g/mol. The van der Waals surface area contributed by atoms with Gasteiger partial charge in [-0.25, -0.2) is 4.72 Å². The van der Waals surface area contributed by atoms with Crippen molar-refractivity contribution in [2.24, 2.45) is 0 Å². The van der Waals surface area contributed by atoms with Gasteiger partial charge in [-0.15, -0.1) is 0 Å². The maximum absolute atomic E-state index is 12.9. The lowest BCUT2D eigenvalue weighted by atomic mass is 9.99. The minimum atomic E-state index is -1.62. The lowest BCUT2D eigenvalue weighted by molar-refractivity contribution is 0.102. The van der Waals surface area contributed by atoms with Gasteiger partial charge in [0.2, 0.25) is 4.90 Å². The summed E-state index contributed by atoms with van der Waals surface area (Å²) in [6, 6.07) is 13.7. The molecule has 0 aliphatic carbocycles. The summed E-state index contributed by atoms with van der Waals surface area (Å²) < 4.78 is 21.1. The molecule has 1 unspecified atom stereocenters. The van der Waals surface area contributed by atoms with E-state index in [2.05, 4.69) is 15.0 Å². The number of benzene rings is 2. The number of hydrogen-bond donors (Lipinski definition) is 2. The topological polar surface area (TPSA) is 86.3 Å². The van der Waals surface area contributed by atoms with Crippen LogP contribution in [0.3, 0.4) is 0 Å². The van der Waals surface area contributed by atoms with Crippen LogP contribution in [0.25, 0.3) is 0 Å². The first-order chi connectivity index (χ1) is 14.4. The van der Waals surface area contributed by atoms with Crippen LogP contribution in [0, 0.1) is 0 Å². The van der Waals surface area contributed by atoms with Crippen LogP contribution in [0.2, 0.25) is 5.02 Å². The summed E-state index contributed by atoms with van der Waals surface area (Å²) in [6.07, 6.45) is 3.22. The molecule has 6 nitrogen and oxygen atoms in total. The van der Waals surface area contributed by atoms with Crippen molar-refractivity contribution >= 4 is 40.2 Å². The first-order valence-electron chi connectivity index (χ1n) is 9.26. The van der Waals surface area contributed by atoms with Crippen molar-refractivity contribution in [3.05, 3.63) is 77.1 Å². The number of methoxy groups -OCH3 is 1. The number of amides is 1. The van der Waals surface area contributed by atoms with E-state index in [1.165, 1.54) is 7.11 Å². The number of anilines is 2. The number of aromatic nitrogens is 1. The molecule has 0 saturated heterocycles. The Morgan fingerprint density at radius 1 is 1.13 bits per heavy atom. The van der Waals surface area contributed by atoms with Crippen molar-refractivity contribution in [2.45, 2.75) is 24.7 Å². The second-order valence-electron chi connectivity index (χ2n) is 6.82. The molecule has 0 spiro atoms. The monoisotopic (exact) mass is 443 g/mol. The van der Waals surface area contributed by atoms with E-state index in [-0.39, 0.29) is 11.8 Å². The molecule has 0 fully saturated rings. The number of hydrogen-bond acceptors (Lipinski definition) is 5. The zero-order chi connectivity index (χ0) is 21.7. The van der Waals surface area contributed by atoms with E-state index in [4.69, 9.17) is 16.3 Å². The van der Waals surface area contributed by atoms with Crippen LogP contribution in [-0.4, -0.2) is 22.6 Å². The van der Waals surface area contributed by atoms with Crippen LogP contribution in [0.4, 0.5) is 11.4 Å². The Bertz CT molecular complexity index is 1030. The molecule has 0 aliphatic heterocycles. The molecule has 8 heteroatoms. The van der Waals surface area contributed by atoms with E-state index in [9.17, 15) is 9.35 Å². The van der Waals surface area contributed by atoms with Crippen LogP contribution < -0.4 is 14.8 Å². The molecule has 1 amide bonds. The van der Waals surface area contributed by atoms with Crippen LogP contribution in [0.5, 0.6) is 5.75 Å². The number of rotatable bonds is 7. The van der Waals surface area contributed by atoms with Gasteiger partial charge in [-0.2, -0.15) is 0 Å². The van der Waals surface area contributed by atoms with Gasteiger partial charge in [0.05, 0.1) is 18.4 Å². The van der Waals surface area contributed by atoms with E-state index in [0.29, 0.717) is 32.6 Å². The fourth-order valence-corrected chi connectivity index (χ4v) is 4.03. The van der Waals surface area contributed by atoms with Gasteiger partial charge < -0.3 is 14.6 Å². The minimum absolute atomic E-state index is 0.177. The molecule has 3 aromatic rings. The molecule has 30 heavy (non-hydrogen) atoms. The lowest BCUT2D eigenvalue weighted by Crippen LogP contribution is -2.17. The maximum atomic E-state index is 12.9. The first kappa shape index (κ1) is 22.0. The number of carbonyl (C=O) groups excluding carboxylic acids is 1. The van der Waals surface area contributed by atoms with Gasteiger partial charge in [0.15, 0.2) is 5.75 Å².